The molecule has 0 spiro atoms. The van der Waals surface area contributed by atoms with Crippen LogP contribution in [0.25, 0.3) is 10.9 Å². The molecule has 1 aliphatic carbocycles. The van der Waals surface area contributed by atoms with Gasteiger partial charge in [-0.3, -0.25) is 14.7 Å². The number of nitrogens with one attached hydrogen (secondary N) is 3. The van der Waals surface area contributed by atoms with E-state index in [0.29, 0.717) is 16.8 Å². The van der Waals surface area contributed by atoms with Crippen LogP contribution < -0.4 is 15.4 Å². The van der Waals surface area contributed by atoms with Crippen molar-refractivity contribution >= 4 is 22.7 Å². The molecule has 0 aliphatic heterocycles. The first-order valence-electron chi connectivity index (χ1n) is 9.47. The SMILES string of the molecule is COc1ccc2[nH]nc(C(=O)N[C@H]3CCCC[C@@H]3NC(=O)Cn3cnnn3)c2c1. The molecule has 29 heavy (non-hydrogen) atoms. The summed E-state index contributed by atoms with van der Waals surface area (Å²) < 4.78 is 6.60. The van der Waals surface area contributed by atoms with Gasteiger partial charge in [0.2, 0.25) is 5.91 Å². The van der Waals surface area contributed by atoms with Crippen molar-refractivity contribution in [1.29, 1.82) is 0 Å². The van der Waals surface area contributed by atoms with Crippen molar-refractivity contribution < 1.29 is 14.3 Å². The molecule has 11 nitrogen and oxygen atoms in total. The first kappa shape index (κ1) is 18.8. The maximum Gasteiger partial charge on any atom is 0.272 e. The summed E-state index contributed by atoms with van der Waals surface area (Å²) in [5.41, 5.74) is 1.06. The van der Waals surface area contributed by atoms with Gasteiger partial charge in [-0.2, -0.15) is 5.10 Å². The van der Waals surface area contributed by atoms with E-state index >= 15 is 0 Å². The van der Waals surface area contributed by atoms with Crippen molar-refractivity contribution in [2.24, 2.45) is 0 Å². The zero-order valence-electron chi connectivity index (χ0n) is 16.0. The number of rotatable bonds is 6. The molecule has 0 radical (unpaired) electrons. The van der Waals surface area contributed by atoms with E-state index in [1.54, 1.807) is 19.2 Å². The van der Waals surface area contributed by atoms with Gasteiger partial charge in [0.25, 0.3) is 5.91 Å². The highest BCUT2D eigenvalue weighted by atomic mass is 16.5. The Labute approximate surface area is 166 Å². The highest BCUT2D eigenvalue weighted by Gasteiger charge is 2.29. The number of carbonyl (C=O) groups is 2. The lowest BCUT2D eigenvalue weighted by atomic mass is 9.90. The summed E-state index contributed by atoms with van der Waals surface area (Å²) in [6.07, 6.45) is 4.94. The number of ether oxygens (including phenoxy) is 1. The van der Waals surface area contributed by atoms with Gasteiger partial charge in [0.05, 0.1) is 12.6 Å². The Morgan fingerprint density at radius 3 is 2.76 bits per heavy atom. The molecular formula is C18H22N8O3. The molecule has 0 bridgehead atoms. The fourth-order valence-corrected chi connectivity index (χ4v) is 3.66. The Bertz CT molecular complexity index is 1000. The van der Waals surface area contributed by atoms with Crippen LogP contribution in [0.4, 0.5) is 0 Å². The van der Waals surface area contributed by atoms with Crippen molar-refractivity contribution in [3.8, 4) is 5.75 Å². The summed E-state index contributed by atoms with van der Waals surface area (Å²) >= 11 is 0. The lowest BCUT2D eigenvalue weighted by molar-refractivity contribution is -0.123. The van der Waals surface area contributed by atoms with Crippen LogP contribution in [0, 0.1) is 0 Å². The van der Waals surface area contributed by atoms with Crippen LogP contribution in [0.1, 0.15) is 36.2 Å². The number of nitrogens with zero attached hydrogens (tertiary/aromatic N) is 5. The van der Waals surface area contributed by atoms with Crippen molar-refractivity contribution in [3.63, 3.8) is 0 Å². The van der Waals surface area contributed by atoms with E-state index in [2.05, 4.69) is 36.4 Å². The van der Waals surface area contributed by atoms with Crippen LogP contribution >= 0.6 is 0 Å². The number of amides is 2. The van der Waals surface area contributed by atoms with Crippen LogP contribution in [-0.2, 0) is 11.3 Å². The monoisotopic (exact) mass is 398 g/mol. The molecule has 0 saturated heterocycles. The molecule has 1 fully saturated rings. The maximum absolute atomic E-state index is 12.9. The fraction of sp³-hybridized carbons (Fsp3) is 0.444. The molecule has 0 unspecified atom stereocenters. The molecule has 11 heteroatoms. The van der Waals surface area contributed by atoms with Crippen LogP contribution in [0.15, 0.2) is 24.5 Å². The first-order chi connectivity index (χ1) is 14.1. The Morgan fingerprint density at radius 2 is 2.03 bits per heavy atom. The van der Waals surface area contributed by atoms with Gasteiger partial charge in [-0.1, -0.05) is 12.8 Å². The third-order valence-corrected chi connectivity index (χ3v) is 5.11. The molecule has 2 atom stereocenters. The van der Waals surface area contributed by atoms with Gasteiger partial charge in [0.1, 0.15) is 18.6 Å². The van der Waals surface area contributed by atoms with E-state index in [1.807, 2.05) is 6.07 Å². The number of H-pyrrole nitrogens is 1. The van der Waals surface area contributed by atoms with E-state index in [9.17, 15) is 9.59 Å². The predicted molar refractivity (Wildman–Crippen MR) is 102 cm³/mol. The molecule has 152 valence electrons. The van der Waals surface area contributed by atoms with E-state index in [-0.39, 0.29) is 30.4 Å². The third kappa shape index (κ3) is 4.18. The average molecular weight is 398 g/mol. The number of tetrazole rings is 1. The van der Waals surface area contributed by atoms with Crippen LogP contribution in [0.2, 0.25) is 0 Å². The van der Waals surface area contributed by atoms with E-state index in [0.717, 1.165) is 31.2 Å². The van der Waals surface area contributed by atoms with Crippen LogP contribution in [-0.4, -0.2) is 61.4 Å². The average Bonchev–Trinajstić information content (AvgIpc) is 3.38. The third-order valence-electron chi connectivity index (χ3n) is 5.11. The van der Waals surface area contributed by atoms with E-state index in [1.165, 1.54) is 11.0 Å². The second-order valence-corrected chi connectivity index (χ2v) is 7.03. The van der Waals surface area contributed by atoms with Gasteiger partial charge in [-0.05, 0) is 41.5 Å². The molecule has 4 rings (SSSR count). The highest BCUT2D eigenvalue weighted by Crippen LogP contribution is 2.23. The summed E-state index contributed by atoms with van der Waals surface area (Å²) in [6, 6.07) is 5.07. The number of carbonyl (C=O) groups excluding carboxylic acids is 2. The standard InChI is InChI=1S/C18H22N8O3/c1-29-11-6-7-13-12(8-11)17(23-22-13)18(28)21-15-5-3-2-4-14(15)20-16(27)9-26-10-19-24-25-26/h6-8,10,14-15H,2-5,9H2,1H3,(H,20,27)(H,21,28)(H,22,23)/t14-,15-/m0/s1. The summed E-state index contributed by atoms with van der Waals surface area (Å²) in [7, 11) is 1.58. The number of benzene rings is 1. The molecule has 1 aromatic carbocycles. The summed E-state index contributed by atoms with van der Waals surface area (Å²) in [6.45, 7) is 0.0357. The molecule has 3 N–H and O–H groups in total. The molecule has 1 saturated carbocycles. The van der Waals surface area contributed by atoms with Crippen molar-refractivity contribution in [2.75, 3.05) is 7.11 Å². The lowest BCUT2D eigenvalue weighted by Crippen LogP contribution is -2.53. The first-order valence-corrected chi connectivity index (χ1v) is 9.47. The molecule has 2 heterocycles. The number of aromatic amines is 1. The quantitative estimate of drug-likeness (QED) is 0.546. The maximum atomic E-state index is 12.9. The Balaban J connectivity index is 1.45. The molecule has 2 amide bonds. The zero-order valence-corrected chi connectivity index (χ0v) is 16.0. The van der Waals surface area contributed by atoms with Gasteiger partial charge < -0.3 is 15.4 Å². The van der Waals surface area contributed by atoms with Gasteiger partial charge in [-0.15, -0.1) is 5.10 Å². The minimum absolute atomic E-state index is 0.0357. The fourth-order valence-electron chi connectivity index (χ4n) is 3.66. The normalized spacial score (nSPS) is 19.1. The van der Waals surface area contributed by atoms with Crippen molar-refractivity contribution in [3.05, 3.63) is 30.2 Å². The second-order valence-electron chi connectivity index (χ2n) is 7.03. The van der Waals surface area contributed by atoms with Gasteiger partial charge >= 0.3 is 0 Å². The predicted octanol–water partition coefficient (Wildman–Crippen LogP) is 0.415. The summed E-state index contributed by atoms with van der Waals surface area (Å²) in [5.74, 6) is 0.174. The Hall–Kier alpha value is -3.50. The second kappa shape index (κ2) is 8.25. The van der Waals surface area contributed by atoms with Crippen molar-refractivity contribution in [1.82, 2.24) is 41.0 Å². The van der Waals surface area contributed by atoms with Crippen molar-refractivity contribution in [2.45, 2.75) is 44.3 Å². The van der Waals surface area contributed by atoms with E-state index in [4.69, 9.17) is 4.74 Å². The highest BCUT2D eigenvalue weighted by molar-refractivity contribution is 6.05. The van der Waals surface area contributed by atoms with Crippen LogP contribution in [0.5, 0.6) is 5.75 Å². The summed E-state index contributed by atoms with van der Waals surface area (Å²) in [5, 5.41) is 24.5. The topological polar surface area (TPSA) is 140 Å². The molecule has 1 aliphatic rings. The number of aromatic nitrogens is 6. The number of hydrogen-bond donors (Lipinski definition) is 3. The smallest absolute Gasteiger partial charge is 0.272 e. The molecule has 2 aromatic heterocycles. The minimum Gasteiger partial charge on any atom is -0.497 e. The Kier molecular flexibility index (Phi) is 5.36. The number of methoxy groups -OCH3 is 1. The zero-order chi connectivity index (χ0) is 20.2. The van der Waals surface area contributed by atoms with Gasteiger partial charge in [-0.25, -0.2) is 4.68 Å². The number of hydrogen-bond acceptors (Lipinski definition) is 7. The molecule has 3 aromatic rings. The lowest BCUT2D eigenvalue weighted by Gasteiger charge is -2.32. The minimum atomic E-state index is -0.281. The Morgan fingerprint density at radius 1 is 1.24 bits per heavy atom. The largest absolute Gasteiger partial charge is 0.497 e. The van der Waals surface area contributed by atoms with Gasteiger partial charge in [0.15, 0.2) is 5.69 Å². The van der Waals surface area contributed by atoms with Gasteiger partial charge in [0, 0.05) is 17.5 Å². The molecular weight excluding hydrogens is 376 g/mol. The number of fused-ring (bicyclic) bond motifs is 1. The van der Waals surface area contributed by atoms with Crippen LogP contribution in [0.3, 0.4) is 0 Å². The summed E-state index contributed by atoms with van der Waals surface area (Å²) in [4.78, 5) is 25.2. The van der Waals surface area contributed by atoms with E-state index < -0.39 is 0 Å².